The van der Waals surface area contributed by atoms with Crippen molar-refractivity contribution in [1.82, 2.24) is 20.5 Å². The van der Waals surface area contributed by atoms with Gasteiger partial charge in [-0.1, -0.05) is 6.07 Å². The van der Waals surface area contributed by atoms with E-state index in [1.807, 2.05) is 18.2 Å². The van der Waals surface area contributed by atoms with Gasteiger partial charge in [0.05, 0.1) is 5.56 Å². The molecule has 6 rings (SSSR count). The van der Waals surface area contributed by atoms with Crippen molar-refractivity contribution in [3.05, 3.63) is 23.8 Å². The number of oxazole rings is 1. The fourth-order valence-corrected chi connectivity index (χ4v) is 4.74. The van der Waals surface area contributed by atoms with Crippen molar-refractivity contribution < 1.29 is 9.21 Å². The van der Waals surface area contributed by atoms with Crippen molar-refractivity contribution in [3.63, 3.8) is 0 Å². The number of benzene rings is 1. The van der Waals surface area contributed by atoms with Crippen molar-refractivity contribution in [2.45, 2.75) is 31.8 Å². The van der Waals surface area contributed by atoms with Crippen molar-refractivity contribution in [2.75, 3.05) is 44.2 Å². The Morgan fingerprint density at radius 1 is 1.30 bits per heavy atom. The first-order chi connectivity index (χ1) is 13.2. The van der Waals surface area contributed by atoms with Gasteiger partial charge in [-0.05, 0) is 50.9 Å². The molecule has 7 heteroatoms. The molecule has 0 radical (unpaired) electrons. The molecule has 2 bridgehead atoms. The number of para-hydroxylation sites is 1. The predicted octanol–water partition coefficient (Wildman–Crippen LogP) is 1.45. The zero-order valence-electron chi connectivity index (χ0n) is 15.8. The van der Waals surface area contributed by atoms with Gasteiger partial charge in [0, 0.05) is 38.3 Å². The van der Waals surface area contributed by atoms with Crippen LogP contribution >= 0.6 is 0 Å². The molecule has 0 aliphatic carbocycles. The minimum absolute atomic E-state index is 0.0347. The quantitative estimate of drug-likeness (QED) is 0.853. The predicted molar refractivity (Wildman–Crippen MR) is 104 cm³/mol. The number of hydrogen-bond donors (Lipinski definition) is 2. The topological polar surface area (TPSA) is 73.6 Å². The molecule has 2 atom stereocenters. The van der Waals surface area contributed by atoms with Crippen molar-refractivity contribution in [1.29, 1.82) is 0 Å². The molecule has 1 amide bonds. The molecule has 4 aliphatic heterocycles. The van der Waals surface area contributed by atoms with Crippen LogP contribution in [-0.4, -0.2) is 67.1 Å². The Balaban J connectivity index is 1.40. The molecule has 7 nitrogen and oxygen atoms in total. The molecule has 1 aromatic carbocycles. The van der Waals surface area contributed by atoms with Crippen LogP contribution in [0.3, 0.4) is 0 Å². The number of nitrogens with zero attached hydrogens (tertiary/aromatic N) is 3. The highest BCUT2D eigenvalue weighted by Gasteiger charge is 2.35. The molecule has 2 aromatic rings. The Hall–Kier alpha value is -2.12. The Morgan fingerprint density at radius 3 is 2.89 bits per heavy atom. The molecule has 4 saturated heterocycles. The average molecular weight is 369 g/mol. The number of carbonyl (C=O) groups is 1. The number of carbonyl (C=O) groups excluding carboxylic acids is 1. The summed E-state index contributed by atoms with van der Waals surface area (Å²) in [7, 11) is 0. The lowest BCUT2D eigenvalue weighted by Gasteiger charge is -2.44. The van der Waals surface area contributed by atoms with Gasteiger partial charge in [-0.2, -0.15) is 4.98 Å². The second-order valence-electron chi connectivity index (χ2n) is 8.11. The third kappa shape index (κ3) is 3.08. The highest BCUT2D eigenvalue weighted by atomic mass is 16.4. The first kappa shape index (κ1) is 17.0. The number of fused-ring (bicyclic) bond motifs is 4. The monoisotopic (exact) mass is 369 g/mol. The van der Waals surface area contributed by atoms with E-state index < -0.39 is 0 Å². The second-order valence-corrected chi connectivity index (χ2v) is 8.11. The molecular weight excluding hydrogens is 342 g/mol. The van der Waals surface area contributed by atoms with Gasteiger partial charge in [0.1, 0.15) is 5.52 Å². The lowest BCUT2D eigenvalue weighted by Crippen LogP contribution is -2.57. The van der Waals surface area contributed by atoms with Crippen molar-refractivity contribution in [3.8, 4) is 0 Å². The summed E-state index contributed by atoms with van der Waals surface area (Å²) in [4.78, 5) is 22.3. The van der Waals surface area contributed by atoms with E-state index in [0.717, 1.165) is 26.2 Å². The number of piperazine rings is 1. The Morgan fingerprint density at radius 2 is 2.15 bits per heavy atom. The van der Waals surface area contributed by atoms with Crippen molar-refractivity contribution in [2.24, 2.45) is 5.92 Å². The summed E-state index contributed by atoms with van der Waals surface area (Å²) in [5.74, 6) is 0.570. The number of hydrogen-bond acceptors (Lipinski definition) is 6. The SMILES string of the molecule is CC1CNCCN1c1nc2c(C(=O)NC3CN4CCC3CC4)cccc2o1. The largest absolute Gasteiger partial charge is 0.423 e. The van der Waals surface area contributed by atoms with Crippen LogP contribution in [0.25, 0.3) is 11.1 Å². The number of anilines is 1. The maximum absolute atomic E-state index is 13.0. The highest BCUT2D eigenvalue weighted by Crippen LogP contribution is 2.29. The van der Waals surface area contributed by atoms with Gasteiger partial charge in [-0.3, -0.25) is 4.79 Å². The summed E-state index contributed by atoms with van der Waals surface area (Å²) >= 11 is 0. The van der Waals surface area contributed by atoms with E-state index in [-0.39, 0.29) is 11.9 Å². The maximum Gasteiger partial charge on any atom is 0.298 e. The summed E-state index contributed by atoms with van der Waals surface area (Å²) in [5.41, 5.74) is 1.95. The summed E-state index contributed by atoms with van der Waals surface area (Å²) in [6, 6.07) is 6.80. The normalized spacial score (nSPS) is 30.6. The fourth-order valence-electron chi connectivity index (χ4n) is 4.74. The Labute approximate surface area is 159 Å². The molecule has 4 fully saturated rings. The minimum atomic E-state index is -0.0347. The lowest BCUT2D eigenvalue weighted by molar-refractivity contribution is 0.0621. The molecule has 0 spiro atoms. The summed E-state index contributed by atoms with van der Waals surface area (Å²) in [6.07, 6.45) is 2.37. The van der Waals surface area contributed by atoms with E-state index in [1.54, 1.807) is 0 Å². The fraction of sp³-hybridized carbons (Fsp3) is 0.600. The van der Waals surface area contributed by atoms with Gasteiger partial charge >= 0.3 is 0 Å². The third-order valence-corrected chi connectivity index (χ3v) is 6.37. The van der Waals surface area contributed by atoms with Gasteiger partial charge in [0.25, 0.3) is 11.9 Å². The third-order valence-electron chi connectivity index (χ3n) is 6.37. The number of nitrogens with one attached hydrogen (secondary N) is 2. The van der Waals surface area contributed by atoms with Gasteiger partial charge in [0.2, 0.25) is 0 Å². The Bertz CT molecular complexity index is 842. The number of aromatic nitrogens is 1. The van der Waals surface area contributed by atoms with Crippen LogP contribution in [0.2, 0.25) is 0 Å². The van der Waals surface area contributed by atoms with E-state index in [4.69, 9.17) is 9.40 Å². The molecule has 5 heterocycles. The molecule has 4 aliphatic rings. The highest BCUT2D eigenvalue weighted by molar-refractivity contribution is 6.04. The molecular formula is C20H27N5O2. The van der Waals surface area contributed by atoms with Crippen LogP contribution in [0.5, 0.6) is 0 Å². The number of amides is 1. The Kier molecular flexibility index (Phi) is 4.28. The van der Waals surface area contributed by atoms with Crippen LogP contribution in [0.15, 0.2) is 22.6 Å². The van der Waals surface area contributed by atoms with E-state index in [0.29, 0.717) is 34.6 Å². The summed E-state index contributed by atoms with van der Waals surface area (Å²) in [6.45, 7) is 8.14. The van der Waals surface area contributed by atoms with E-state index in [2.05, 4.69) is 27.4 Å². The summed E-state index contributed by atoms with van der Waals surface area (Å²) in [5, 5.41) is 6.65. The van der Waals surface area contributed by atoms with E-state index >= 15 is 0 Å². The second kappa shape index (κ2) is 6.80. The molecule has 0 saturated carbocycles. The lowest BCUT2D eigenvalue weighted by atomic mass is 9.84. The van der Waals surface area contributed by atoms with Crippen LogP contribution in [-0.2, 0) is 0 Å². The first-order valence-corrected chi connectivity index (χ1v) is 10.1. The van der Waals surface area contributed by atoms with Gasteiger partial charge < -0.3 is 24.9 Å². The van der Waals surface area contributed by atoms with Crippen LogP contribution < -0.4 is 15.5 Å². The molecule has 2 N–H and O–H groups in total. The first-order valence-electron chi connectivity index (χ1n) is 10.1. The van der Waals surface area contributed by atoms with Crippen LogP contribution in [0.1, 0.15) is 30.1 Å². The van der Waals surface area contributed by atoms with Crippen molar-refractivity contribution >= 4 is 23.0 Å². The molecule has 1 aromatic heterocycles. The van der Waals surface area contributed by atoms with Gasteiger partial charge in [-0.15, -0.1) is 0 Å². The van der Waals surface area contributed by atoms with Gasteiger partial charge in [0.15, 0.2) is 5.58 Å². The number of piperidine rings is 3. The maximum atomic E-state index is 13.0. The van der Waals surface area contributed by atoms with E-state index in [1.165, 1.54) is 25.9 Å². The molecule has 144 valence electrons. The summed E-state index contributed by atoms with van der Waals surface area (Å²) < 4.78 is 6.01. The van der Waals surface area contributed by atoms with Gasteiger partial charge in [-0.25, -0.2) is 0 Å². The van der Waals surface area contributed by atoms with E-state index in [9.17, 15) is 4.79 Å². The molecule has 27 heavy (non-hydrogen) atoms. The van der Waals surface area contributed by atoms with Crippen LogP contribution in [0.4, 0.5) is 6.01 Å². The minimum Gasteiger partial charge on any atom is -0.423 e. The molecule has 2 unspecified atom stereocenters. The smallest absolute Gasteiger partial charge is 0.298 e. The van der Waals surface area contributed by atoms with Crippen LogP contribution in [0, 0.1) is 5.92 Å². The average Bonchev–Trinajstić information content (AvgIpc) is 3.13. The zero-order valence-corrected chi connectivity index (χ0v) is 15.8. The standard InChI is InChI=1S/C20H27N5O2/c1-13-11-21-7-10-25(13)20-23-18-15(3-2-4-17(18)27-20)19(26)22-16-12-24-8-5-14(16)6-9-24/h2-4,13-14,16,21H,5-12H2,1H3,(H,22,26). The zero-order chi connectivity index (χ0) is 18.4. The number of rotatable bonds is 3.